The van der Waals surface area contributed by atoms with Crippen molar-refractivity contribution in [2.75, 3.05) is 37.6 Å². The number of piperazine rings is 1. The van der Waals surface area contributed by atoms with Crippen LogP contribution in [-0.4, -0.2) is 57.1 Å². The van der Waals surface area contributed by atoms with E-state index in [2.05, 4.69) is 48.5 Å². The summed E-state index contributed by atoms with van der Waals surface area (Å²) in [5, 5.41) is 0. The van der Waals surface area contributed by atoms with Crippen molar-refractivity contribution < 1.29 is 0 Å². The van der Waals surface area contributed by atoms with Gasteiger partial charge in [-0.25, -0.2) is 14.8 Å². The lowest BCUT2D eigenvalue weighted by atomic mass is 9.95. The molecule has 3 heterocycles. The van der Waals surface area contributed by atoms with Gasteiger partial charge in [-0.3, -0.25) is 9.47 Å². The molecule has 0 atom stereocenters. The fourth-order valence-electron chi connectivity index (χ4n) is 4.55. The maximum absolute atomic E-state index is 12.5. The standard InChI is InChI=1S/C29H40N6O/c1-5-11-24-22-26(32-27(30-24)29(2,3)4)34-20-18-33(19-21-34)15-9-10-16-35-17-14-25(31-28(35)36)23-12-7-6-8-13-23/h6-8,12-14,17,22H,5,9-11,15-16,18-21H2,1-4H3. The lowest BCUT2D eigenvalue weighted by Gasteiger charge is -2.36. The van der Waals surface area contributed by atoms with E-state index in [1.54, 1.807) is 4.57 Å². The number of aromatic nitrogens is 4. The Morgan fingerprint density at radius 1 is 0.889 bits per heavy atom. The third-order valence-electron chi connectivity index (χ3n) is 6.71. The monoisotopic (exact) mass is 488 g/mol. The molecule has 0 radical (unpaired) electrons. The summed E-state index contributed by atoms with van der Waals surface area (Å²) < 4.78 is 1.72. The molecule has 1 aromatic carbocycles. The molecule has 1 aliphatic heterocycles. The average molecular weight is 489 g/mol. The van der Waals surface area contributed by atoms with Gasteiger partial charge in [-0.05, 0) is 31.9 Å². The second-order valence-corrected chi connectivity index (χ2v) is 10.7. The first-order valence-electron chi connectivity index (χ1n) is 13.3. The molecule has 0 bridgehead atoms. The van der Waals surface area contributed by atoms with Crippen LogP contribution in [0.5, 0.6) is 0 Å². The van der Waals surface area contributed by atoms with Crippen LogP contribution in [0.3, 0.4) is 0 Å². The first-order valence-corrected chi connectivity index (χ1v) is 13.3. The number of hydrogen-bond acceptors (Lipinski definition) is 6. The van der Waals surface area contributed by atoms with E-state index in [0.29, 0.717) is 6.54 Å². The summed E-state index contributed by atoms with van der Waals surface area (Å²) >= 11 is 0. The molecule has 0 spiro atoms. The maximum Gasteiger partial charge on any atom is 0.348 e. The molecule has 7 nitrogen and oxygen atoms in total. The minimum Gasteiger partial charge on any atom is -0.354 e. The van der Waals surface area contributed by atoms with Crippen LogP contribution in [0.2, 0.25) is 0 Å². The summed E-state index contributed by atoms with van der Waals surface area (Å²) in [6.45, 7) is 14.5. The molecule has 36 heavy (non-hydrogen) atoms. The molecule has 3 aromatic rings. The molecule has 4 rings (SSSR count). The van der Waals surface area contributed by atoms with Crippen molar-refractivity contribution in [3.05, 3.63) is 70.7 Å². The Morgan fingerprint density at radius 3 is 2.28 bits per heavy atom. The summed E-state index contributed by atoms with van der Waals surface area (Å²) in [5.41, 5.74) is 2.62. The van der Waals surface area contributed by atoms with Gasteiger partial charge in [-0.15, -0.1) is 0 Å². The topological polar surface area (TPSA) is 67.2 Å². The molecule has 7 heteroatoms. The molecule has 0 amide bonds. The zero-order chi connectivity index (χ0) is 25.5. The summed E-state index contributed by atoms with van der Waals surface area (Å²) in [5.74, 6) is 2.01. The maximum atomic E-state index is 12.5. The van der Waals surface area contributed by atoms with E-state index >= 15 is 0 Å². The van der Waals surface area contributed by atoms with Gasteiger partial charge in [-0.2, -0.15) is 4.98 Å². The van der Waals surface area contributed by atoms with Gasteiger partial charge in [0.15, 0.2) is 0 Å². The third-order valence-corrected chi connectivity index (χ3v) is 6.71. The van der Waals surface area contributed by atoms with Crippen LogP contribution in [0.4, 0.5) is 5.82 Å². The molecule has 1 aliphatic rings. The molecular weight excluding hydrogens is 448 g/mol. The van der Waals surface area contributed by atoms with Crippen molar-refractivity contribution in [3.8, 4) is 11.3 Å². The van der Waals surface area contributed by atoms with Crippen LogP contribution in [0.1, 0.15) is 58.5 Å². The van der Waals surface area contributed by atoms with Gasteiger partial charge in [0.1, 0.15) is 11.6 Å². The highest BCUT2D eigenvalue weighted by molar-refractivity contribution is 5.57. The molecule has 0 saturated carbocycles. The van der Waals surface area contributed by atoms with Crippen molar-refractivity contribution in [3.63, 3.8) is 0 Å². The number of nitrogens with zero attached hydrogens (tertiary/aromatic N) is 6. The smallest absolute Gasteiger partial charge is 0.348 e. The summed E-state index contributed by atoms with van der Waals surface area (Å²) in [6.07, 6.45) is 5.99. The summed E-state index contributed by atoms with van der Waals surface area (Å²) in [7, 11) is 0. The number of unbranched alkanes of at least 4 members (excludes halogenated alkanes) is 1. The van der Waals surface area contributed by atoms with E-state index in [1.807, 2.05) is 42.6 Å². The highest BCUT2D eigenvalue weighted by Crippen LogP contribution is 2.23. The van der Waals surface area contributed by atoms with Gasteiger partial charge in [0, 0.05) is 61.7 Å². The molecule has 0 N–H and O–H groups in total. The zero-order valence-corrected chi connectivity index (χ0v) is 22.3. The van der Waals surface area contributed by atoms with E-state index < -0.39 is 0 Å². The minimum absolute atomic E-state index is 0.0559. The second kappa shape index (κ2) is 11.8. The summed E-state index contributed by atoms with van der Waals surface area (Å²) in [6, 6.07) is 14.0. The van der Waals surface area contributed by atoms with Gasteiger partial charge in [0.05, 0.1) is 5.69 Å². The minimum atomic E-state index is -0.174. The fourth-order valence-corrected chi connectivity index (χ4v) is 4.55. The van der Waals surface area contributed by atoms with Gasteiger partial charge < -0.3 is 4.90 Å². The van der Waals surface area contributed by atoms with Gasteiger partial charge in [-0.1, -0.05) is 64.4 Å². The quantitative estimate of drug-likeness (QED) is 0.412. The van der Waals surface area contributed by atoms with Crippen LogP contribution < -0.4 is 10.6 Å². The van der Waals surface area contributed by atoms with Crippen molar-refractivity contribution in [2.24, 2.45) is 0 Å². The van der Waals surface area contributed by atoms with E-state index in [9.17, 15) is 4.79 Å². The molecule has 192 valence electrons. The van der Waals surface area contributed by atoms with Gasteiger partial charge in [0.25, 0.3) is 0 Å². The molecule has 2 aromatic heterocycles. The van der Waals surface area contributed by atoms with Crippen molar-refractivity contribution in [1.82, 2.24) is 24.4 Å². The van der Waals surface area contributed by atoms with Crippen LogP contribution >= 0.6 is 0 Å². The Hall–Kier alpha value is -3.06. The average Bonchev–Trinajstić information content (AvgIpc) is 2.88. The molecule has 1 fully saturated rings. The number of hydrogen-bond donors (Lipinski definition) is 0. The van der Waals surface area contributed by atoms with Crippen molar-refractivity contribution >= 4 is 5.82 Å². The van der Waals surface area contributed by atoms with Crippen LogP contribution in [0, 0.1) is 0 Å². The molecular formula is C29H40N6O. The summed E-state index contributed by atoms with van der Waals surface area (Å²) in [4.78, 5) is 31.4. The van der Waals surface area contributed by atoms with Crippen LogP contribution in [0.25, 0.3) is 11.3 Å². The Morgan fingerprint density at radius 2 is 1.61 bits per heavy atom. The number of benzene rings is 1. The number of aryl methyl sites for hydroxylation is 2. The number of anilines is 1. The van der Waals surface area contributed by atoms with E-state index in [4.69, 9.17) is 9.97 Å². The van der Waals surface area contributed by atoms with E-state index in [-0.39, 0.29) is 11.1 Å². The Balaban J connectivity index is 1.25. The lowest BCUT2D eigenvalue weighted by Crippen LogP contribution is -2.47. The fraction of sp³-hybridized carbons (Fsp3) is 0.517. The highest BCUT2D eigenvalue weighted by Gasteiger charge is 2.23. The first-order chi connectivity index (χ1) is 17.3. The van der Waals surface area contributed by atoms with E-state index in [0.717, 1.165) is 87.0 Å². The first kappa shape index (κ1) is 26.0. The predicted molar refractivity (Wildman–Crippen MR) is 147 cm³/mol. The SMILES string of the molecule is CCCc1cc(N2CCN(CCCCn3ccc(-c4ccccc4)nc3=O)CC2)nc(C(C)(C)C)n1. The van der Waals surface area contributed by atoms with Crippen LogP contribution in [0.15, 0.2) is 53.5 Å². The predicted octanol–water partition coefficient (Wildman–Crippen LogP) is 4.55. The normalized spacial score (nSPS) is 14.8. The second-order valence-electron chi connectivity index (χ2n) is 10.7. The molecule has 0 aliphatic carbocycles. The van der Waals surface area contributed by atoms with E-state index in [1.165, 1.54) is 0 Å². The van der Waals surface area contributed by atoms with Gasteiger partial charge >= 0.3 is 5.69 Å². The highest BCUT2D eigenvalue weighted by atomic mass is 16.1. The van der Waals surface area contributed by atoms with Crippen molar-refractivity contribution in [2.45, 2.75) is 65.3 Å². The number of rotatable bonds is 9. The Bertz CT molecular complexity index is 1180. The lowest BCUT2D eigenvalue weighted by molar-refractivity contribution is 0.250. The Kier molecular flexibility index (Phi) is 8.52. The zero-order valence-electron chi connectivity index (χ0n) is 22.3. The van der Waals surface area contributed by atoms with Crippen LogP contribution in [-0.2, 0) is 18.4 Å². The largest absolute Gasteiger partial charge is 0.354 e. The molecule has 1 saturated heterocycles. The van der Waals surface area contributed by atoms with Crippen molar-refractivity contribution in [1.29, 1.82) is 0 Å². The Labute approximate surface area is 215 Å². The molecule has 0 unspecified atom stereocenters. The third kappa shape index (κ3) is 6.78. The van der Waals surface area contributed by atoms with Gasteiger partial charge in [0.2, 0.25) is 0 Å².